The molecule has 1 aliphatic rings. The first-order valence-electron chi connectivity index (χ1n) is 11.1. The molecule has 0 fully saturated rings. The summed E-state index contributed by atoms with van der Waals surface area (Å²) in [5.74, 6) is 1.81. The number of nitrogens with zero attached hydrogens (tertiary/aromatic N) is 5. The van der Waals surface area contributed by atoms with E-state index in [0.29, 0.717) is 11.7 Å². The van der Waals surface area contributed by atoms with Crippen LogP contribution in [0.1, 0.15) is 56.3 Å². The van der Waals surface area contributed by atoms with Crippen molar-refractivity contribution < 1.29 is 9.32 Å². The van der Waals surface area contributed by atoms with Crippen molar-refractivity contribution in [1.82, 2.24) is 29.9 Å². The normalized spacial score (nSPS) is 15.8. The summed E-state index contributed by atoms with van der Waals surface area (Å²) in [6.07, 6.45) is 1.25. The molecule has 1 aliphatic heterocycles. The van der Waals surface area contributed by atoms with Gasteiger partial charge in [-0.05, 0) is 32.4 Å². The summed E-state index contributed by atoms with van der Waals surface area (Å²) in [6.45, 7) is 10.6. The number of amides is 1. The Labute approximate surface area is 189 Å². The maximum Gasteiger partial charge on any atom is 0.249 e. The van der Waals surface area contributed by atoms with Crippen LogP contribution in [0.2, 0.25) is 0 Å². The highest BCUT2D eigenvalue weighted by atomic mass is 16.5. The number of benzene rings is 1. The van der Waals surface area contributed by atoms with Crippen LogP contribution < -0.4 is 5.32 Å². The molecular formula is C24H32N6O2. The molecule has 1 aromatic carbocycles. The molecule has 3 heterocycles. The second kappa shape index (κ2) is 8.86. The van der Waals surface area contributed by atoms with Gasteiger partial charge in [0.1, 0.15) is 11.9 Å². The largest absolute Gasteiger partial charge is 0.343 e. The summed E-state index contributed by atoms with van der Waals surface area (Å²) in [5.41, 5.74) is 2.72. The van der Waals surface area contributed by atoms with Crippen molar-refractivity contribution in [3.05, 3.63) is 53.4 Å². The first-order chi connectivity index (χ1) is 15.2. The second-order valence-electron chi connectivity index (χ2n) is 9.66. The molecule has 0 unspecified atom stereocenters. The van der Waals surface area contributed by atoms with Gasteiger partial charge in [-0.3, -0.25) is 4.79 Å². The summed E-state index contributed by atoms with van der Waals surface area (Å²) >= 11 is 0. The number of aryl methyl sites for hydroxylation is 1. The summed E-state index contributed by atoms with van der Waals surface area (Å²) in [5, 5.41) is 7.02. The average Bonchev–Trinajstić information content (AvgIpc) is 3.24. The predicted molar refractivity (Wildman–Crippen MR) is 122 cm³/mol. The van der Waals surface area contributed by atoms with Crippen LogP contribution in [0.4, 0.5) is 0 Å². The molecular weight excluding hydrogens is 404 g/mol. The topological polar surface area (TPSA) is 89.1 Å². The number of fused-ring (bicyclic) bond motifs is 1. The Morgan fingerprint density at radius 3 is 2.59 bits per heavy atom. The van der Waals surface area contributed by atoms with E-state index in [-0.39, 0.29) is 23.8 Å². The predicted octanol–water partition coefficient (Wildman–Crippen LogP) is 3.52. The van der Waals surface area contributed by atoms with Gasteiger partial charge in [0.2, 0.25) is 11.8 Å². The molecule has 8 nitrogen and oxygen atoms in total. The first kappa shape index (κ1) is 22.2. The van der Waals surface area contributed by atoms with Crippen LogP contribution in [0.15, 0.2) is 34.9 Å². The van der Waals surface area contributed by atoms with E-state index in [2.05, 4.69) is 44.1 Å². The van der Waals surface area contributed by atoms with E-state index in [1.54, 1.807) is 6.92 Å². The van der Waals surface area contributed by atoms with Crippen molar-refractivity contribution in [1.29, 1.82) is 0 Å². The zero-order chi connectivity index (χ0) is 22.9. The van der Waals surface area contributed by atoms with Crippen LogP contribution in [-0.4, -0.2) is 44.1 Å². The Morgan fingerprint density at radius 2 is 1.94 bits per heavy atom. The number of hydrogen-bond donors (Lipinski definition) is 1. The van der Waals surface area contributed by atoms with E-state index < -0.39 is 0 Å². The molecule has 0 saturated heterocycles. The highest BCUT2D eigenvalue weighted by Crippen LogP contribution is 2.32. The molecule has 8 heteroatoms. The number of rotatable bonds is 5. The molecule has 0 radical (unpaired) electrons. The Balaban J connectivity index is 1.63. The minimum Gasteiger partial charge on any atom is -0.343 e. The lowest BCUT2D eigenvalue weighted by Crippen LogP contribution is -2.38. The smallest absolute Gasteiger partial charge is 0.249 e. The third kappa shape index (κ3) is 4.75. The molecule has 0 saturated carbocycles. The Morgan fingerprint density at radius 1 is 1.19 bits per heavy atom. The Bertz CT molecular complexity index is 1080. The van der Waals surface area contributed by atoms with E-state index >= 15 is 0 Å². The second-order valence-corrected chi connectivity index (χ2v) is 9.66. The maximum atomic E-state index is 13.2. The molecule has 32 heavy (non-hydrogen) atoms. The molecule has 0 aliphatic carbocycles. The van der Waals surface area contributed by atoms with Crippen molar-refractivity contribution in [3.8, 4) is 11.4 Å². The minimum atomic E-state index is -0.381. The third-order valence-electron chi connectivity index (χ3n) is 5.82. The summed E-state index contributed by atoms with van der Waals surface area (Å²) in [7, 11) is 2.11. The number of aromatic nitrogens is 4. The van der Waals surface area contributed by atoms with Gasteiger partial charge in [-0.25, -0.2) is 4.98 Å². The molecule has 0 bridgehead atoms. The van der Waals surface area contributed by atoms with Gasteiger partial charge in [0.05, 0.1) is 17.8 Å². The highest BCUT2D eigenvalue weighted by Gasteiger charge is 2.33. The van der Waals surface area contributed by atoms with Gasteiger partial charge < -0.3 is 19.3 Å². The van der Waals surface area contributed by atoms with Crippen molar-refractivity contribution in [2.75, 3.05) is 13.6 Å². The van der Waals surface area contributed by atoms with Gasteiger partial charge in [-0.1, -0.05) is 56.3 Å². The van der Waals surface area contributed by atoms with Gasteiger partial charge in [0, 0.05) is 18.7 Å². The van der Waals surface area contributed by atoms with Crippen LogP contribution in [-0.2, 0) is 24.3 Å². The van der Waals surface area contributed by atoms with Crippen molar-refractivity contribution in [3.63, 3.8) is 0 Å². The zero-order valence-corrected chi connectivity index (χ0v) is 19.6. The van der Waals surface area contributed by atoms with Crippen molar-refractivity contribution in [2.45, 2.75) is 59.7 Å². The third-order valence-corrected chi connectivity index (χ3v) is 5.82. The van der Waals surface area contributed by atoms with Gasteiger partial charge in [0.15, 0.2) is 5.82 Å². The fourth-order valence-electron chi connectivity index (χ4n) is 4.18. The quantitative estimate of drug-likeness (QED) is 0.658. The minimum absolute atomic E-state index is 0.104. The maximum absolute atomic E-state index is 13.2. The zero-order valence-electron chi connectivity index (χ0n) is 19.6. The number of carbonyl (C=O) groups excluding carboxylic acids is 1. The fraction of sp³-hybridized carbons (Fsp3) is 0.500. The van der Waals surface area contributed by atoms with Gasteiger partial charge in [-0.15, -0.1) is 0 Å². The van der Waals surface area contributed by atoms with Crippen molar-refractivity contribution >= 4 is 5.91 Å². The van der Waals surface area contributed by atoms with E-state index in [1.807, 2.05) is 39.0 Å². The lowest BCUT2D eigenvalue weighted by Gasteiger charge is -2.28. The molecule has 1 N–H and O–H groups in total. The Kier molecular flexibility index (Phi) is 6.15. The molecule has 1 atom stereocenters. The first-order valence-corrected chi connectivity index (χ1v) is 11.1. The lowest BCUT2D eigenvalue weighted by molar-refractivity contribution is -0.122. The number of carbonyl (C=O) groups is 1. The SMILES string of the molecule is Cc1noc([C@@H](NC(=O)Cc2nc(-c3ccccc3)n3c2CN(C)CCC3)C(C)(C)C)n1. The number of nitrogens with one attached hydrogen (secondary N) is 1. The van der Waals surface area contributed by atoms with E-state index in [4.69, 9.17) is 9.51 Å². The number of imidazole rings is 1. The summed E-state index contributed by atoms with van der Waals surface area (Å²) in [4.78, 5) is 24.8. The Hall–Kier alpha value is -3.00. The fourth-order valence-corrected chi connectivity index (χ4v) is 4.18. The monoisotopic (exact) mass is 436 g/mol. The van der Waals surface area contributed by atoms with Crippen LogP contribution in [0.5, 0.6) is 0 Å². The molecule has 2 aromatic heterocycles. The van der Waals surface area contributed by atoms with Gasteiger partial charge in [-0.2, -0.15) is 4.98 Å². The molecule has 3 aromatic rings. The van der Waals surface area contributed by atoms with Crippen LogP contribution in [0, 0.1) is 12.3 Å². The molecule has 1 amide bonds. The van der Waals surface area contributed by atoms with Crippen molar-refractivity contribution in [2.24, 2.45) is 5.41 Å². The lowest BCUT2D eigenvalue weighted by atomic mass is 9.86. The average molecular weight is 437 g/mol. The van der Waals surface area contributed by atoms with Crippen LogP contribution in [0.25, 0.3) is 11.4 Å². The number of hydrogen-bond acceptors (Lipinski definition) is 6. The summed E-state index contributed by atoms with van der Waals surface area (Å²) < 4.78 is 7.67. The standard InChI is InChI=1S/C24H32N6O2/c1-16-25-23(32-28-16)21(24(2,3)4)27-20(31)14-18-19-15-29(5)12-9-13-30(19)22(26-18)17-10-7-6-8-11-17/h6-8,10-11,21H,9,12-15H2,1-5H3,(H,27,31)/t21-/m1/s1. The van der Waals surface area contributed by atoms with Gasteiger partial charge >= 0.3 is 0 Å². The van der Waals surface area contributed by atoms with E-state index in [1.165, 1.54) is 0 Å². The van der Waals surface area contributed by atoms with Crippen LogP contribution in [0.3, 0.4) is 0 Å². The van der Waals surface area contributed by atoms with E-state index in [0.717, 1.165) is 48.8 Å². The molecule has 4 rings (SSSR count). The summed E-state index contributed by atoms with van der Waals surface area (Å²) in [6, 6.07) is 9.81. The molecule has 0 spiro atoms. The van der Waals surface area contributed by atoms with E-state index in [9.17, 15) is 4.79 Å². The van der Waals surface area contributed by atoms with Gasteiger partial charge in [0.25, 0.3) is 0 Å². The highest BCUT2D eigenvalue weighted by molar-refractivity contribution is 5.79. The van der Waals surface area contributed by atoms with Crippen LogP contribution >= 0.6 is 0 Å². The molecule has 170 valence electrons.